The number of primary amides is 1. The number of nitrogens with zero attached hydrogens (tertiary/aromatic N) is 2. The molecule has 0 aliphatic carbocycles. The number of carbonyl (C=O) groups excluding carboxylic acids is 3. The number of hydroxylamine groups is 2. The van der Waals surface area contributed by atoms with E-state index >= 15 is 0 Å². The largest absolute Gasteiger partial charge is 1.00 e. The maximum absolute atomic E-state index is 12.3. The van der Waals surface area contributed by atoms with Gasteiger partial charge in [-0.3, -0.25) is 9.59 Å². The molecule has 0 bridgehead atoms. The first-order valence-electron chi connectivity index (χ1n) is 7.13. The summed E-state index contributed by atoms with van der Waals surface area (Å²) in [5.74, 6) is -1.38. The predicted octanol–water partition coefficient (Wildman–Crippen LogP) is -4.00. The Bertz CT molecular complexity index is 845. The van der Waals surface area contributed by atoms with Crippen molar-refractivity contribution < 1.29 is 61.2 Å². The molecule has 1 aromatic rings. The molecule has 2 aliphatic rings. The van der Waals surface area contributed by atoms with E-state index in [-0.39, 0.29) is 48.1 Å². The molecule has 2 saturated heterocycles. The monoisotopic (exact) mass is 392 g/mol. The second-order valence-electron chi connectivity index (χ2n) is 5.51. The van der Waals surface area contributed by atoms with Gasteiger partial charge in [-0.25, -0.2) is 13.2 Å². The molecule has 2 fully saturated rings. The van der Waals surface area contributed by atoms with E-state index in [1.165, 1.54) is 29.2 Å². The molecule has 4 amide bonds. The second-order valence-corrected chi connectivity index (χ2v) is 6.48. The molecule has 3 rings (SSSR count). The maximum atomic E-state index is 12.3. The van der Waals surface area contributed by atoms with Crippen molar-refractivity contribution in [2.75, 3.05) is 11.9 Å². The molecular formula is C13H13N4NaO7S. The summed E-state index contributed by atoms with van der Waals surface area (Å²) in [5, 5.41) is 3.05. The third kappa shape index (κ3) is 4.00. The van der Waals surface area contributed by atoms with Gasteiger partial charge in [0.2, 0.25) is 16.3 Å². The average molecular weight is 392 g/mol. The van der Waals surface area contributed by atoms with Gasteiger partial charge in [-0.05, 0) is 30.7 Å². The van der Waals surface area contributed by atoms with Crippen molar-refractivity contribution in [2.45, 2.75) is 18.5 Å². The molecule has 0 radical (unpaired) electrons. The molecule has 0 spiro atoms. The standard InChI is InChI=1S/C13H14N4O7S.Na/c14-11(18)7-1-3-8(4-2-7)15-13(20)16-6-5-9-10(16)12(19)17(9)24-25(21,22)23;/h1-4,9-10H,5-6H2,(H2,14,18)(H,15,20)(H,21,22,23);/q;+1/p-1. The molecule has 13 heteroatoms. The minimum Gasteiger partial charge on any atom is -0.724 e. The van der Waals surface area contributed by atoms with Crippen molar-refractivity contribution >= 4 is 33.9 Å². The predicted molar refractivity (Wildman–Crippen MR) is 80.5 cm³/mol. The summed E-state index contributed by atoms with van der Waals surface area (Å²) in [6.07, 6.45) is 0.278. The van der Waals surface area contributed by atoms with Crippen molar-refractivity contribution in [3.63, 3.8) is 0 Å². The normalized spacial score (nSPS) is 21.5. The minimum atomic E-state index is -5.05. The van der Waals surface area contributed by atoms with E-state index < -0.39 is 40.3 Å². The molecule has 2 atom stereocenters. The van der Waals surface area contributed by atoms with E-state index in [1.807, 2.05) is 0 Å². The Kier molecular flexibility index (Phi) is 5.95. The molecule has 134 valence electrons. The summed E-state index contributed by atoms with van der Waals surface area (Å²) in [7, 11) is -5.05. The molecule has 2 unspecified atom stereocenters. The number of carbonyl (C=O) groups is 3. The SMILES string of the molecule is NC(=O)c1ccc(NC(=O)N2CCC3C2C(=O)N3OS(=O)(=O)[O-])cc1.[Na+]. The first-order valence-corrected chi connectivity index (χ1v) is 8.47. The van der Waals surface area contributed by atoms with Gasteiger partial charge >= 0.3 is 35.6 Å². The smallest absolute Gasteiger partial charge is 0.724 e. The van der Waals surface area contributed by atoms with Gasteiger partial charge < -0.3 is 20.5 Å². The number of nitrogens with two attached hydrogens (primary N) is 1. The molecule has 2 aliphatic heterocycles. The van der Waals surface area contributed by atoms with Gasteiger partial charge in [-0.2, -0.15) is 9.35 Å². The van der Waals surface area contributed by atoms with Crippen LogP contribution in [0.5, 0.6) is 0 Å². The van der Waals surface area contributed by atoms with E-state index in [4.69, 9.17) is 5.73 Å². The molecular weight excluding hydrogens is 379 g/mol. The number of anilines is 1. The fraction of sp³-hybridized carbons (Fsp3) is 0.308. The molecule has 26 heavy (non-hydrogen) atoms. The molecule has 11 nitrogen and oxygen atoms in total. The Morgan fingerprint density at radius 1 is 1.27 bits per heavy atom. The Balaban J connectivity index is 0.00000243. The van der Waals surface area contributed by atoms with Crippen LogP contribution in [-0.4, -0.2) is 59.4 Å². The Morgan fingerprint density at radius 2 is 1.88 bits per heavy atom. The van der Waals surface area contributed by atoms with Crippen LogP contribution in [0.15, 0.2) is 24.3 Å². The third-order valence-electron chi connectivity index (χ3n) is 3.99. The van der Waals surface area contributed by atoms with Gasteiger partial charge in [-0.15, -0.1) is 0 Å². The first-order chi connectivity index (χ1) is 11.7. The van der Waals surface area contributed by atoms with Crippen LogP contribution in [0.2, 0.25) is 0 Å². The van der Waals surface area contributed by atoms with E-state index in [0.29, 0.717) is 10.8 Å². The molecule has 2 heterocycles. The zero-order valence-electron chi connectivity index (χ0n) is 13.6. The molecule has 3 N–H and O–H groups in total. The van der Waals surface area contributed by atoms with Crippen molar-refractivity contribution in [2.24, 2.45) is 5.73 Å². The van der Waals surface area contributed by atoms with Crippen LogP contribution in [0.25, 0.3) is 0 Å². The van der Waals surface area contributed by atoms with E-state index in [9.17, 15) is 27.4 Å². The fourth-order valence-corrected chi connectivity index (χ4v) is 3.24. The van der Waals surface area contributed by atoms with Gasteiger partial charge in [0, 0.05) is 17.8 Å². The Labute approximate surface area is 170 Å². The summed E-state index contributed by atoms with van der Waals surface area (Å²) in [6, 6.07) is 3.70. The number of nitrogens with one attached hydrogen (secondary N) is 1. The van der Waals surface area contributed by atoms with Crippen LogP contribution in [0.4, 0.5) is 10.5 Å². The molecule has 1 aromatic carbocycles. The van der Waals surface area contributed by atoms with Crippen LogP contribution in [0, 0.1) is 0 Å². The van der Waals surface area contributed by atoms with Gasteiger partial charge in [0.15, 0.2) is 0 Å². The number of rotatable bonds is 4. The summed E-state index contributed by atoms with van der Waals surface area (Å²) >= 11 is 0. The van der Waals surface area contributed by atoms with Crippen molar-refractivity contribution in [1.82, 2.24) is 9.96 Å². The number of hydrogen-bond donors (Lipinski definition) is 2. The van der Waals surface area contributed by atoms with E-state index in [2.05, 4.69) is 9.60 Å². The summed E-state index contributed by atoms with van der Waals surface area (Å²) in [6.45, 7) is 0.186. The summed E-state index contributed by atoms with van der Waals surface area (Å²) in [4.78, 5) is 36.5. The van der Waals surface area contributed by atoms with Crippen LogP contribution >= 0.6 is 0 Å². The number of urea groups is 1. The van der Waals surface area contributed by atoms with E-state index in [0.717, 1.165) is 0 Å². The third-order valence-corrected chi connectivity index (χ3v) is 4.33. The fourth-order valence-electron chi connectivity index (χ4n) is 2.86. The number of amides is 4. The van der Waals surface area contributed by atoms with Crippen LogP contribution < -0.4 is 40.6 Å². The second kappa shape index (κ2) is 7.50. The number of fused-ring (bicyclic) bond motifs is 1. The number of likely N-dealkylation sites (tertiary alicyclic amines) is 1. The van der Waals surface area contributed by atoms with E-state index in [1.54, 1.807) is 0 Å². The van der Waals surface area contributed by atoms with Gasteiger partial charge in [-0.1, -0.05) is 0 Å². The zero-order valence-corrected chi connectivity index (χ0v) is 16.4. The Hall–Kier alpha value is -1.70. The molecule has 0 aromatic heterocycles. The zero-order chi connectivity index (χ0) is 18.4. The topological polar surface area (TPSA) is 162 Å². The average Bonchev–Trinajstić information content (AvgIpc) is 2.93. The van der Waals surface area contributed by atoms with Crippen molar-refractivity contribution in [1.29, 1.82) is 0 Å². The summed E-state index contributed by atoms with van der Waals surface area (Å²) < 4.78 is 35.9. The van der Waals surface area contributed by atoms with Crippen molar-refractivity contribution in [3.8, 4) is 0 Å². The van der Waals surface area contributed by atoms with Crippen LogP contribution in [-0.2, 0) is 19.5 Å². The van der Waals surface area contributed by atoms with Gasteiger partial charge in [0.1, 0.15) is 6.04 Å². The number of hydrogen-bond acceptors (Lipinski definition) is 7. The number of β-lactam (4-membered cyclic amide) rings is 1. The van der Waals surface area contributed by atoms with Gasteiger partial charge in [0.05, 0.1) is 6.04 Å². The minimum absolute atomic E-state index is 0. The van der Waals surface area contributed by atoms with Gasteiger partial charge in [0.25, 0.3) is 5.91 Å². The summed E-state index contributed by atoms with van der Waals surface area (Å²) in [5.41, 5.74) is 5.79. The molecule has 0 saturated carbocycles. The Morgan fingerprint density at radius 3 is 2.42 bits per heavy atom. The maximum Gasteiger partial charge on any atom is 1.00 e. The number of benzene rings is 1. The van der Waals surface area contributed by atoms with Crippen LogP contribution in [0.3, 0.4) is 0 Å². The quantitative estimate of drug-likeness (QED) is 0.228. The van der Waals surface area contributed by atoms with Crippen LogP contribution in [0.1, 0.15) is 16.8 Å². The first kappa shape index (κ1) is 20.6. The van der Waals surface area contributed by atoms with Crippen molar-refractivity contribution in [3.05, 3.63) is 29.8 Å².